The molecule has 0 heterocycles. The molecule has 0 radical (unpaired) electrons. The summed E-state index contributed by atoms with van der Waals surface area (Å²) in [5.41, 5.74) is 5.55. The van der Waals surface area contributed by atoms with Crippen LogP contribution in [-0.2, 0) is 9.53 Å². The van der Waals surface area contributed by atoms with Crippen molar-refractivity contribution in [3.8, 4) is 0 Å². The summed E-state index contributed by atoms with van der Waals surface area (Å²) in [7, 11) is 0. The molecule has 3 aliphatic rings. The molecule has 0 aromatic heterocycles. The summed E-state index contributed by atoms with van der Waals surface area (Å²) in [4.78, 5) is 15.2. The molecule has 3 fully saturated rings. The Kier molecular flexibility index (Phi) is 3.81. The normalized spacial score (nSPS) is 34.4. The highest BCUT2D eigenvalue weighted by Gasteiger charge is 2.64. The maximum atomic E-state index is 13.1. The predicted molar refractivity (Wildman–Crippen MR) is 82.8 cm³/mol. The van der Waals surface area contributed by atoms with E-state index in [2.05, 4.69) is 18.7 Å². The Bertz CT molecular complexity index is 401. The van der Waals surface area contributed by atoms with Gasteiger partial charge in [-0.1, -0.05) is 13.8 Å². The first-order chi connectivity index (χ1) is 9.88. The van der Waals surface area contributed by atoms with E-state index >= 15 is 0 Å². The van der Waals surface area contributed by atoms with Crippen molar-refractivity contribution < 1.29 is 9.53 Å². The number of hydrogen-bond donors (Lipinski definition) is 1. The maximum Gasteiger partial charge on any atom is 0.243 e. The van der Waals surface area contributed by atoms with Gasteiger partial charge in [0.1, 0.15) is 5.54 Å². The van der Waals surface area contributed by atoms with Crippen molar-refractivity contribution in [2.75, 3.05) is 19.7 Å². The first kappa shape index (κ1) is 15.3. The molecular formula is C17H30N2O2. The summed E-state index contributed by atoms with van der Waals surface area (Å²) in [6.07, 6.45) is 5.88. The van der Waals surface area contributed by atoms with Gasteiger partial charge >= 0.3 is 0 Å². The van der Waals surface area contributed by atoms with Gasteiger partial charge in [-0.15, -0.1) is 0 Å². The van der Waals surface area contributed by atoms with Crippen molar-refractivity contribution in [3.05, 3.63) is 0 Å². The first-order valence-electron chi connectivity index (χ1n) is 8.58. The van der Waals surface area contributed by atoms with E-state index in [-0.39, 0.29) is 17.4 Å². The zero-order chi connectivity index (χ0) is 15.3. The molecular weight excluding hydrogens is 264 g/mol. The van der Waals surface area contributed by atoms with E-state index in [9.17, 15) is 4.79 Å². The average Bonchev–Trinajstić information content (AvgIpc) is 3.32. The lowest BCUT2D eigenvalue weighted by molar-refractivity contribution is -0.179. The summed E-state index contributed by atoms with van der Waals surface area (Å²) in [5.74, 6) is 1.62. The van der Waals surface area contributed by atoms with Crippen LogP contribution in [0, 0.1) is 17.3 Å². The fourth-order valence-electron chi connectivity index (χ4n) is 3.54. The van der Waals surface area contributed by atoms with Gasteiger partial charge < -0.3 is 15.4 Å². The van der Waals surface area contributed by atoms with Crippen LogP contribution in [0.3, 0.4) is 0 Å². The van der Waals surface area contributed by atoms with Gasteiger partial charge in [0.05, 0.1) is 6.10 Å². The Morgan fingerprint density at radius 2 is 1.71 bits per heavy atom. The van der Waals surface area contributed by atoms with E-state index in [1.54, 1.807) is 0 Å². The minimum Gasteiger partial charge on any atom is -0.378 e. The summed E-state index contributed by atoms with van der Waals surface area (Å²) >= 11 is 0. The molecule has 0 aromatic carbocycles. The highest BCUT2D eigenvalue weighted by molar-refractivity contribution is 5.89. The molecule has 120 valence electrons. The van der Waals surface area contributed by atoms with Crippen LogP contribution in [0.2, 0.25) is 0 Å². The summed E-state index contributed by atoms with van der Waals surface area (Å²) < 4.78 is 5.75. The van der Waals surface area contributed by atoms with E-state index in [4.69, 9.17) is 10.5 Å². The largest absolute Gasteiger partial charge is 0.378 e. The zero-order valence-corrected chi connectivity index (χ0v) is 13.7. The topological polar surface area (TPSA) is 55.6 Å². The molecule has 2 N–H and O–H groups in total. The molecule has 1 amide bonds. The van der Waals surface area contributed by atoms with Gasteiger partial charge in [-0.3, -0.25) is 4.79 Å². The van der Waals surface area contributed by atoms with Crippen LogP contribution in [0.15, 0.2) is 0 Å². The van der Waals surface area contributed by atoms with Gasteiger partial charge in [-0.25, -0.2) is 0 Å². The number of nitrogens with zero attached hydrogens (tertiary/aromatic N) is 1. The zero-order valence-electron chi connectivity index (χ0n) is 13.7. The Morgan fingerprint density at radius 3 is 2.10 bits per heavy atom. The minimum absolute atomic E-state index is 0.111. The molecule has 2 unspecified atom stereocenters. The quantitative estimate of drug-likeness (QED) is 0.783. The van der Waals surface area contributed by atoms with Gasteiger partial charge in [0.2, 0.25) is 5.91 Å². The van der Waals surface area contributed by atoms with E-state index in [0.717, 1.165) is 24.9 Å². The number of carbonyl (C=O) groups is 1. The van der Waals surface area contributed by atoms with Crippen LogP contribution >= 0.6 is 0 Å². The molecule has 2 atom stereocenters. The first-order valence-corrected chi connectivity index (χ1v) is 8.58. The van der Waals surface area contributed by atoms with Crippen molar-refractivity contribution in [3.63, 3.8) is 0 Å². The molecule has 0 saturated heterocycles. The number of carbonyl (C=O) groups excluding carboxylic acids is 1. The monoisotopic (exact) mass is 294 g/mol. The second-order valence-corrected chi connectivity index (χ2v) is 7.94. The number of nitrogens with two attached hydrogens (primary N) is 1. The second kappa shape index (κ2) is 5.24. The van der Waals surface area contributed by atoms with E-state index in [1.807, 2.05) is 6.92 Å². The third-order valence-electron chi connectivity index (χ3n) is 5.85. The fraction of sp³-hybridized carbons (Fsp3) is 0.941. The van der Waals surface area contributed by atoms with Crippen molar-refractivity contribution in [1.29, 1.82) is 0 Å². The molecule has 0 aromatic rings. The highest BCUT2D eigenvalue weighted by Crippen LogP contribution is 2.51. The number of ether oxygens (including phenoxy) is 1. The van der Waals surface area contributed by atoms with Crippen LogP contribution < -0.4 is 5.73 Å². The molecule has 3 aliphatic carbocycles. The van der Waals surface area contributed by atoms with E-state index in [0.29, 0.717) is 13.0 Å². The number of hydrogen-bond acceptors (Lipinski definition) is 3. The third kappa shape index (κ3) is 2.72. The average molecular weight is 294 g/mol. The van der Waals surface area contributed by atoms with Gasteiger partial charge in [-0.05, 0) is 44.4 Å². The lowest BCUT2D eigenvalue weighted by atomic mass is 9.54. The summed E-state index contributed by atoms with van der Waals surface area (Å²) in [6, 6.07) is 0. The molecule has 21 heavy (non-hydrogen) atoms. The van der Waals surface area contributed by atoms with Crippen LogP contribution in [0.1, 0.15) is 52.9 Å². The van der Waals surface area contributed by atoms with E-state index < -0.39 is 5.54 Å². The summed E-state index contributed by atoms with van der Waals surface area (Å²) in [6.45, 7) is 8.70. The third-order valence-corrected chi connectivity index (χ3v) is 5.85. The number of amides is 1. The van der Waals surface area contributed by atoms with Gasteiger partial charge in [-0.2, -0.15) is 0 Å². The van der Waals surface area contributed by atoms with Gasteiger partial charge in [0.25, 0.3) is 0 Å². The van der Waals surface area contributed by atoms with Crippen LogP contribution in [0.25, 0.3) is 0 Å². The predicted octanol–water partition coefficient (Wildman–Crippen LogP) is 2.17. The maximum absolute atomic E-state index is 13.1. The standard InChI is InChI=1S/C17H30N2O2/c1-4-21-14-9-17(18,16(14,2)3)15(20)19(10-12-5-6-12)11-13-7-8-13/h12-14H,4-11,18H2,1-3H3. The van der Waals surface area contributed by atoms with Crippen LogP contribution in [0.5, 0.6) is 0 Å². The van der Waals surface area contributed by atoms with Gasteiger partial charge in [0.15, 0.2) is 0 Å². The lowest BCUT2D eigenvalue weighted by Crippen LogP contribution is -2.76. The number of rotatable bonds is 7. The van der Waals surface area contributed by atoms with Crippen LogP contribution in [0.4, 0.5) is 0 Å². The van der Waals surface area contributed by atoms with Crippen molar-refractivity contribution >= 4 is 5.91 Å². The smallest absolute Gasteiger partial charge is 0.243 e. The fourth-order valence-corrected chi connectivity index (χ4v) is 3.54. The SMILES string of the molecule is CCOC1CC(N)(C(=O)N(CC2CC2)CC2CC2)C1(C)C. The Hall–Kier alpha value is -0.610. The van der Waals surface area contributed by atoms with Crippen molar-refractivity contribution in [2.24, 2.45) is 23.0 Å². The molecule has 0 aliphatic heterocycles. The molecule has 3 rings (SSSR count). The molecule has 0 spiro atoms. The molecule has 3 saturated carbocycles. The van der Waals surface area contributed by atoms with E-state index in [1.165, 1.54) is 25.7 Å². The highest BCUT2D eigenvalue weighted by atomic mass is 16.5. The Balaban J connectivity index is 1.68. The lowest BCUT2D eigenvalue weighted by Gasteiger charge is -2.58. The Labute approximate surface area is 128 Å². The molecule has 4 heteroatoms. The van der Waals surface area contributed by atoms with Crippen molar-refractivity contribution in [2.45, 2.75) is 64.5 Å². The molecule has 0 bridgehead atoms. The Morgan fingerprint density at radius 1 is 1.19 bits per heavy atom. The molecule has 4 nitrogen and oxygen atoms in total. The second-order valence-electron chi connectivity index (χ2n) is 7.94. The van der Waals surface area contributed by atoms with Crippen LogP contribution in [-0.4, -0.2) is 42.1 Å². The van der Waals surface area contributed by atoms with Crippen molar-refractivity contribution in [1.82, 2.24) is 4.90 Å². The van der Waals surface area contributed by atoms with Gasteiger partial charge in [0, 0.05) is 31.5 Å². The summed E-state index contributed by atoms with van der Waals surface area (Å²) in [5, 5.41) is 0. The minimum atomic E-state index is -0.739.